The van der Waals surface area contributed by atoms with Gasteiger partial charge in [-0.05, 0) is 31.2 Å². The van der Waals surface area contributed by atoms with Crippen LogP contribution in [0.4, 0.5) is 5.69 Å². The average molecular weight is 268 g/mol. The SMILES string of the molecule is Cc1cccc(-c2ccc(N=C(N)N=C(N)N)cc2)n1. The number of hydrogen-bond acceptors (Lipinski definition) is 2. The number of nitrogens with two attached hydrogens (primary N) is 3. The molecule has 102 valence electrons. The first-order valence-corrected chi connectivity index (χ1v) is 6.02. The molecule has 6 N–H and O–H groups in total. The van der Waals surface area contributed by atoms with Crippen LogP contribution >= 0.6 is 0 Å². The second-order valence-corrected chi connectivity index (χ2v) is 4.22. The van der Waals surface area contributed by atoms with Crippen LogP contribution < -0.4 is 17.2 Å². The molecule has 0 aliphatic rings. The van der Waals surface area contributed by atoms with Gasteiger partial charge in [-0.1, -0.05) is 18.2 Å². The monoisotopic (exact) mass is 268 g/mol. The molecule has 0 spiro atoms. The fourth-order valence-electron chi connectivity index (χ4n) is 1.70. The molecule has 20 heavy (non-hydrogen) atoms. The lowest BCUT2D eigenvalue weighted by molar-refractivity contribution is 1.20. The molecule has 0 unspecified atom stereocenters. The van der Waals surface area contributed by atoms with Gasteiger partial charge in [-0.3, -0.25) is 4.98 Å². The zero-order valence-electron chi connectivity index (χ0n) is 11.1. The number of hydrogen-bond donors (Lipinski definition) is 3. The van der Waals surface area contributed by atoms with Gasteiger partial charge >= 0.3 is 0 Å². The van der Waals surface area contributed by atoms with E-state index in [1.165, 1.54) is 0 Å². The van der Waals surface area contributed by atoms with Gasteiger partial charge in [0.25, 0.3) is 0 Å². The molecule has 0 aliphatic heterocycles. The number of aliphatic imine (C=N–C) groups is 2. The van der Waals surface area contributed by atoms with E-state index < -0.39 is 0 Å². The Morgan fingerprint density at radius 3 is 2.30 bits per heavy atom. The number of nitrogens with zero attached hydrogens (tertiary/aromatic N) is 3. The molecule has 0 saturated heterocycles. The lowest BCUT2D eigenvalue weighted by Gasteiger charge is -2.02. The molecule has 0 amide bonds. The summed E-state index contributed by atoms with van der Waals surface area (Å²) < 4.78 is 0. The third kappa shape index (κ3) is 3.55. The molecule has 2 rings (SSSR count). The zero-order valence-corrected chi connectivity index (χ0v) is 11.1. The summed E-state index contributed by atoms with van der Waals surface area (Å²) in [6.07, 6.45) is 0. The molecule has 2 aromatic rings. The first-order valence-electron chi connectivity index (χ1n) is 6.02. The van der Waals surface area contributed by atoms with Gasteiger partial charge in [-0.2, -0.15) is 4.99 Å². The maximum Gasteiger partial charge on any atom is 0.223 e. The van der Waals surface area contributed by atoms with Crippen LogP contribution in [0.15, 0.2) is 52.4 Å². The predicted molar refractivity (Wildman–Crippen MR) is 81.5 cm³/mol. The topological polar surface area (TPSA) is 116 Å². The normalized spacial score (nSPS) is 11.2. The quantitative estimate of drug-likeness (QED) is 0.562. The van der Waals surface area contributed by atoms with Crippen molar-refractivity contribution in [1.82, 2.24) is 4.98 Å². The summed E-state index contributed by atoms with van der Waals surface area (Å²) in [5.74, 6) is -0.0988. The standard InChI is InChI=1S/C14H16N6/c1-9-3-2-4-12(18-9)10-5-7-11(8-6-10)19-14(17)20-13(15)16/h2-8H,1H3,(H6,15,16,17,19,20). The van der Waals surface area contributed by atoms with Crippen molar-refractivity contribution in [3.8, 4) is 11.3 Å². The third-order valence-corrected chi connectivity index (χ3v) is 2.54. The first kappa shape index (κ1) is 13.5. The van der Waals surface area contributed by atoms with E-state index >= 15 is 0 Å². The Morgan fingerprint density at radius 2 is 1.70 bits per heavy atom. The number of aryl methyl sites for hydroxylation is 1. The number of guanidine groups is 2. The summed E-state index contributed by atoms with van der Waals surface area (Å²) in [5, 5.41) is 0. The minimum Gasteiger partial charge on any atom is -0.370 e. The van der Waals surface area contributed by atoms with Gasteiger partial charge in [-0.25, -0.2) is 4.99 Å². The molecular weight excluding hydrogens is 252 g/mol. The number of benzene rings is 1. The maximum atomic E-state index is 5.57. The van der Waals surface area contributed by atoms with Crippen molar-refractivity contribution in [1.29, 1.82) is 0 Å². The van der Waals surface area contributed by atoms with Crippen molar-refractivity contribution < 1.29 is 0 Å². The molecule has 0 saturated carbocycles. The molecule has 0 atom stereocenters. The van der Waals surface area contributed by atoms with Gasteiger partial charge in [-0.15, -0.1) is 0 Å². The molecule has 1 aromatic carbocycles. The van der Waals surface area contributed by atoms with E-state index in [0.29, 0.717) is 5.69 Å². The Labute approximate surface area is 117 Å². The van der Waals surface area contributed by atoms with E-state index in [0.717, 1.165) is 17.0 Å². The van der Waals surface area contributed by atoms with Crippen molar-refractivity contribution in [2.75, 3.05) is 0 Å². The van der Waals surface area contributed by atoms with Gasteiger partial charge in [0.1, 0.15) is 0 Å². The van der Waals surface area contributed by atoms with Crippen molar-refractivity contribution in [3.05, 3.63) is 48.2 Å². The number of aromatic nitrogens is 1. The van der Waals surface area contributed by atoms with Crippen LogP contribution in [0.3, 0.4) is 0 Å². The van der Waals surface area contributed by atoms with Crippen molar-refractivity contribution in [2.24, 2.45) is 27.2 Å². The van der Waals surface area contributed by atoms with Crippen LogP contribution in [-0.2, 0) is 0 Å². The molecule has 6 nitrogen and oxygen atoms in total. The van der Waals surface area contributed by atoms with Crippen LogP contribution in [0.1, 0.15) is 5.69 Å². The molecule has 1 aromatic heterocycles. The predicted octanol–water partition coefficient (Wildman–Crippen LogP) is 1.28. The van der Waals surface area contributed by atoms with Gasteiger partial charge in [0.05, 0.1) is 11.4 Å². The van der Waals surface area contributed by atoms with E-state index in [9.17, 15) is 0 Å². The first-order chi connectivity index (χ1) is 9.54. The number of rotatable bonds is 2. The fraction of sp³-hybridized carbons (Fsp3) is 0.0714. The van der Waals surface area contributed by atoms with E-state index in [4.69, 9.17) is 17.2 Å². The van der Waals surface area contributed by atoms with Gasteiger partial charge < -0.3 is 17.2 Å². The van der Waals surface area contributed by atoms with Gasteiger partial charge in [0.2, 0.25) is 5.96 Å². The molecule has 0 bridgehead atoms. The summed E-state index contributed by atoms with van der Waals surface area (Å²) in [5.41, 5.74) is 19.6. The number of pyridine rings is 1. The molecule has 1 heterocycles. The summed E-state index contributed by atoms with van der Waals surface area (Å²) in [6.45, 7) is 1.96. The minimum atomic E-state index is -0.119. The highest BCUT2D eigenvalue weighted by molar-refractivity contribution is 5.93. The Balaban J connectivity index is 2.25. The third-order valence-electron chi connectivity index (χ3n) is 2.54. The highest BCUT2D eigenvalue weighted by atomic mass is 15.1. The lowest BCUT2D eigenvalue weighted by atomic mass is 10.1. The van der Waals surface area contributed by atoms with E-state index in [-0.39, 0.29) is 11.9 Å². The Kier molecular flexibility index (Phi) is 3.95. The van der Waals surface area contributed by atoms with Gasteiger partial charge in [0.15, 0.2) is 5.96 Å². The van der Waals surface area contributed by atoms with Crippen molar-refractivity contribution in [2.45, 2.75) is 6.92 Å². The highest BCUT2D eigenvalue weighted by Gasteiger charge is 2.00. The van der Waals surface area contributed by atoms with Crippen LogP contribution in [0.25, 0.3) is 11.3 Å². The van der Waals surface area contributed by atoms with E-state index in [1.54, 1.807) is 0 Å². The Bertz CT molecular complexity index is 654. The summed E-state index contributed by atoms with van der Waals surface area (Å²) >= 11 is 0. The van der Waals surface area contributed by atoms with E-state index in [1.807, 2.05) is 49.4 Å². The fourth-order valence-corrected chi connectivity index (χ4v) is 1.70. The summed E-state index contributed by atoms with van der Waals surface area (Å²) in [7, 11) is 0. The molecule has 6 heteroatoms. The average Bonchev–Trinajstić information content (AvgIpc) is 2.38. The van der Waals surface area contributed by atoms with Crippen LogP contribution in [0, 0.1) is 6.92 Å². The largest absolute Gasteiger partial charge is 0.370 e. The molecule has 0 radical (unpaired) electrons. The zero-order chi connectivity index (χ0) is 14.5. The molecule has 0 fully saturated rings. The van der Waals surface area contributed by atoms with E-state index in [2.05, 4.69) is 15.0 Å². The second kappa shape index (κ2) is 5.83. The van der Waals surface area contributed by atoms with Crippen LogP contribution in [-0.4, -0.2) is 16.9 Å². The Morgan fingerprint density at radius 1 is 1.00 bits per heavy atom. The van der Waals surface area contributed by atoms with Gasteiger partial charge in [0, 0.05) is 11.3 Å². The minimum absolute atomic E-state index is 0.0198. The van der Waals surface area contributed by atoms with Crippen LogP contribution in [0.5, 0.6) is 0 Å². The summed E-state index contributed by atoms with van der Waals surface area (Å²) in [6, 6.07) is 13.4. The second-order valence-electron chi connectivity index (χ2n) is 4.22. The molecular formula is C14H16N6. The Hall–Kier alpha value is -2.89. The van der Waals surface area contributed by atoms with Crippen LogP contribution in [0.2, 0.25) is 0 Å². The van der Waals surface area contributed by atoms with Crippen molar-refractivity contribution in [3.63, 3.8) is 0 Å². The lowest BCUT2D eigenvalue weighted by Crippen LogP contribution is -2.26. The highest BCUT2D eigenvalue weighted by Crippen LogP contribution is 2.21. The maximum absolute atomic E-state index is 5.57. The smallest absolute Gasteiger partial charge is 0.223 e. The summed E-state index contributed by atoms with van der Waals surface area (Å²) in [4.78, 5) is 12.2. The molecule has 0 aliphatic carbocycles. The van der Waals surface area contributed by atoms with Crippen molar-refractivity contribution >= 4 is 17.6 Å².